The van der Waals surface area contributed by atoms with E-state index in [1.807, 2.05) is 68.4 Å². The molecule has 138 valence electrons. The van der Waals surface area contributed by atoms with E-state index in [4.69, 9.17) is 17.0 Å². The Morgan fingerprint density at radius 2 is 1.67 bits per heavy atom. The average molecular weight is 397 g/mol. The highest BCUT2D eigenvalue weighted by atomic mass is 32.1. The molecule has 2 aromatic carbocycles. The first-order chi connectivity index (χ1) is 13.0. The van der Waals surface area contributed by atoms with Gasteiger partial charge in [-0.2, -0.15) is 0 Å². The second-order valence-corrected chi connectivity index (χ2v) is 7.62. The largest absolute Gasteiger partial charge is 0.465 e. The Morgan fingerprint density at radius 1 is 1.00 bits per heavy atom. The molecule has 0 fully saturated rings. The molecule has 0 spiro atoms. The minimum Gasteiger partial charge on any atom is -0.465 e. The van der Waals surface area contributed by atoms with E-state index < -0.39 is 0 Å². The van der Waals surface area contributed by atoms with Crippen molar-refractivity contribution in [1.82, 2.24) is 0 Å². The molecule has 1 heterocycles. The number of carbonyl (C=O) groups is 1. The maximum Gasteiger partial charge on any atom is 0.341 e. The fourth-order valence-electron chi connectivity index (χ4n) is 2.85. The number of esters is 1. The van der Waals surface area contributed by atoms with Crippen LogP contribution in [0.1, 0.15) is 20.8 Å². The summed E-state index contributed by atoms with van der Waals surface area (Å²) in [6, 6.07) is 17.7. The number of thiocarbonyl (C=S) groups is 1. The monoisotopic (exact) mass is 396 g/mol. The Balaban J connectivity index is 1.95. The first kappa shape index (κ1) is 19.1. The van der Waals surface area contributed by atoms with Gasteiger partial charge >= 0.3 is 5.97 Å². The number of nitrogens with one attached hydrogen (secondary N) is 2. The van der Waals surface area contributed by atoms with Crippen LogP contribution in [0.3, 0.4) is 0 Å². The van der Waals surface area contributed by atoms with Crippen molar-refractivity contribution in [3.63, 3.8) is 0 Å². The molecule has 6 heteroatoms. The minimum atomic E-state index is -0.389. The fourth-order valence-corrected chi connectivity index (χ4v) is 4.20. The van der Waals surface area contributed by atoms with Crippen LogP contribution in [0, 0.1) is 13.8 Å². The first-order valence-corrected chi connectivity index (χ1v) is 9.64. The number of para-hydroxylation sites is 1. The topological polar surface area (TPSA) is 50.4 Å². The Hall–Kier alpha value is -2.70. The molecular formula is C21H20N2O2S2. The van der Waals surface area contributed by atoms with E-state index in [1.54, 1.807) is 0 Å². The first-order valence-electron chi connectivity index (χ1n) is 8.42. The van der Waals surface area contributed by atoms with Crippen molar-refractivity contribution in [2.45, 2.75) is 13.8 Å². The highest BCUT2D eigenvalue weighted by Gasteiger charge is 2.24. The quantitative estimate of drug-likeness (QED) is 0.442. The second-order valence-electron chi connectivity index (χ2n) is 5.99. The zero-order valence-electron chi connectivity index (χ0n) is 15.3. The van der Waals surface area contributed by atoms with Crippen molar-refractivity contribution in [1.29, 1.82) is 0 Å². The third kappa shape index (κ3) is 4.18. The molecule has 27 heavy (non-hydrogen) atoms. The van der Waals surface area contributed by atoms with E-state index in [0.29, 0.717) is 15.7 Å². The lowest BCUT2D eigenvalue weighted by Crippen LogP contribution is -2.20. The summed E-state index contributed by atoms with van der Waals surface area (Å²) in [5.74, 6) is -0.389. The molecule has 0 aliphatic rings. The van der Waals surface area contributed by atoms with Gasteiger partial charge in [0.2, 0.25) is 0 Å². The standard InChI is InChI=1S/C21H20N2O2S2/c1-13-9-7-8-12-16(13)22-21(26)23-19-18(20(24)25-3)17(14(2)27-19)15-10-5-4-6-11-15/h4-12H,1-3H3,(H2,22,23,26). The molecule has 0 aliphatic heterocycles. The van der Waals surface area contributed by atoms with E-state index in [1.165, 1.54) is 18.4 Å². The van der Waals surface area contributed by atoms with Crippen LogP contribution in [0.4, 0.5) is 10.7 Å². The van der Waals surface area contributed by atoms with Gasteiger partial charge in [0.25, 0.3) is 0 Å². The molecule has 0 aliphatic carbocycles. The fraction of sp³-hybridized carbons (Fsp3) is 0.143. The van der Waals surface area contributed by atoms with Crippen LogP contribution < -0.4 is 10.6 Å². The van der Waals surface area contributed by atoms with E-state index in [2.05, 4.69) is 10.6 Å². The Kier molecular flexibility index (Phi) is 5.88. The molecule has 0 saturated carbocycles. The molecule has 0 bridgehead atoms. The number of hydrogen-bond acceptors (Lipinski definition) is 4. The number of methoxy groups -OCH3 is 1. The molecule has 2 N–H and O–H groups in total. The normalized spacial score (nSPS) is 10.3. The summed E-state index contributed by atoms with van der Waals surface area (Å²) in [6.07, 6.45) is 0. The number of hydrogen-bond donors (Lipinski definition) is 2. The lowest BCUT2D eigenvalue weighted by atomic mass is 10.0. The SMILES string of the molecule is COC(=O)c1c(NC(=S)Nc2ccccc2C)sc(C)c1-c1ccccc1. The summed E-state index contributed by atoms with van der Waals surface area (Å²) in [6.45, 7) is 4.00. The van der Waals surface area contributed by atoms with Gasteiger partial charge in [0.05, 0.1) is 7.11 Å². The van der Waals surface area contributed by atoms with Crippen LogP contribution in [-0.2, 0) is 4.74 Å². The summed E-state index contributed by atoms with van der Waals surface area (Å²) < 4.78 is 5.04. The van der Waals surface area contributed by atoms with Crippen LogP contribution in [0.25, 0.3) is 11.1 Å². The number of rotatable bonds is 4. The maximum atomic E-state index is 12.5. The van der Waals surface area contributed by atoms with Crippen molar-refractivity contribution in [2.75, 3.05) is 17.7 Å². The predicted octanol–water partition coefficient (Wildman–Crippen LogP) is 5.63. The van der Waals surface area contributed by atoms with Gasteiger partial charge in [-0.1, -0.05) is 48.5 Å². The van der Waals surface area contributed by atoms with Gasteiger partial charge in [-0.3, -0.25) is 0 Å². The van der Waals surface area contributed by atoms with Crippen molar-refractivity contribution in [3.8, 4) is 11.1 Å². The Bertz CT molecular complexity index is 981. The summed E-state index contributed by atoms with van der Waals surface area (Å²) in [7, 11) is 1.39. The lowest BCUT2D eigenvalue weighted by molar-refractivity contribution is 0.0603. The van der Waals surface area contributed by atoms with Gasteiger partial charge < -0.3 is 15.4 Å². The number of thiophene rings is 1. The molecule has 1 aromatic heterocycles. The van der Waals surface area contributed by atoms with Crippen LogP contribution in [-0.4, -0.2) is 18.2 Å². The summed E-state index contributed by atoms with van der Waals surface area (Å²) in [5, 5.41) is 7.45. The van der Waals surface area contributed by atoms with Crippen molar-refractivity contribution in [3.05, 3.63) is 70.6 Å². The molecule has 0 unspecified atom stereocenters. The smallest absolute Gasteiger partial charge is 0.341 e. The number of anilines is 2. The van der Waals surface area contributed by atoms with E-state index in [-0.39, 0.29) is 5.97 Å². The third-order valence-corrected chi connectivity index (χ3v) is 5.38. The third-order valence-electron chi connectivity index (χ3n) is 4.16. The van der Waals surface area contributed by atoms with Crippen LogP contribution >= 0.6 is 23.6 Å². The molecule has 0 saturated heterocycles. The maximum absolute atomic E-state index is 12.5. The van der Waals surface area contributed by atoms with Gasteiger partial charge in [0.1, 0.15) is 10.6 Å². The summed E-state index contributed by atoms with van der Waals surface area (Å²) in [4.78, 5) is 13.5. The molecule has 0 atom stereocenters. The predicted molar refractivity (Wildman–Crippen MR) is 117 cm³/mol. The van der Waals surface area contributed by atoms with Crippen molar-refractivity contribution >= 4 is 45.3 Å². The molecule has 3 aromatic rings. The molecule has 0 amide bonds. The zero-order chi connectivity index (χ0) is 19.4. The highest BCUT2D eigenvalue weighted by molar-refractivity contribution is 7.80. The number of benzene rings is 2. The lowest BCUT2D eigenvalue weighted by Gasteiger charge is -2.12. The molecular weight excluding hydrogens is 376 g/mol. The summed E-state index contributed by atoms with van der Waals surface area (Å²) in [5.41, 5.74) is 4.35. The van der Waals surface area contributed by atoms with E-state index in [9.17, 15) is 4.79 Å². The minimum absolute atomic E-state index is 0.389. The van der Waals surface area contributed by atoms with Gasteiger partial charge in [0.15, 0.2) is 5.11 Å². The van der Waals surface area contributed by atoms with Crippen molar-refractivity contribution < 1.29 is 9.53 Å². The van der Waals surface area contributed by atoms with Gasteiger partial charge in [-0.05, 0) is 43.3 Å². The summed E-state index contributed by atoms with van der Waals surface area (Å²) >= 11 is 6.94. The molecule has 0 radical (unpaired) electrons. The van der Waals surface area contributed by atoms with Crippen molar-refractivity contribution in [2.24, 2.45) is 0 Å². The average Bonchev–Trinajstić information content (AvgIpc) is 2.99. The van der Waals surface area contributed by atoms with Gasteiger partial charge in [-0.25, -0.2) is 4.79 Å². The van der Waals surface area contributed by atoms with Crippen LogP contribution in [0.2, 0.25) is 0 Å². The second kappa shape index (κ2) is 8.33. The Labute approximate surface area is 168 Å². The Morgan fingerprint density at radius 3 is 2.33 bits per heavy atom. The van der Waals surface area contributed by atoms with Crippen LogP contribution in [0.5, 0.6) is 0 Å². The highest BCUT2D eigenvalue weighted by Crippen LogP contribution is 2.40. The zero-order valence-corrected chi connectivity index (χ0v) is 17.0. The van der Waals surface area contributed by atoms with Gasteiger partial charge in [-0.15, -0.1) is 11.3 Å². The van der Waals surface area contributed by atoms with Gasteiger partial charge in [0, 0.05) is 16.1 Å². The number of carbonyl (C=O) groups excluding carboxylic acids is 1. The molecule has 3 rings (SSSR count). The van der Waals surface area contributed by atoms with E-state index >= 15 is 0 Å². The van der Waals surface area contributed by atoms with Crippen LogP contribution in [0.15, 0.2) is 54.6 Å². The van der Waals surface area contributed by atoms with E-state index in [0.717, 1.165) is 27.3 Å². The molecule has 4 nitrogen and oxygen atoms in total. The number of ether oxygens (including phenoxy) is 1. The number of aryl methyl sites for hydroxylation is 2.